The van der Waals surface area contributed by atoms with E-state index in [0.29, 0.717) is 6.54 Å². The van der Waals surface area contributed by atoms with Crippen LogP contribution in [0.2, 0.25) is 0 Å². The molecule has 1 saturated carbocycles. The first kappa shape index (κ1) is 13.4. The van der Waals surface area contributed by atoms with Crippen LogP contribution in [0, 0.1) is 0 Å². The first-order valence-corrected chi connectivity index (χ1v) is 7.62. The molecule has 106 valence electrons. The minimum Gasteiger partial charge on any atom is -0.356 e. The first-order valence-electron chi connectivity index (χ1n) is 7.62. The van der Waals surface area contributed by atoms with E-state index in [0.717, 1.165) is 29.2 Å². The molecule has 1 fully saturated rings. The standard InChI is InChI=1S/C17H22N2O/c18-11-10-16-12-19-20-17(16)15-8-6-14(7-9-15)13-4-2-1-3-5-13/h6-9,12-13H,1-5,10-11,18H2. The van der Waals surface area contributed by atoms with E-state index in [1.807, 2.05) is 0 Å². The number of nitrogens with zero attached hydrogens (tertiary/aromatic N) is 1. The zero-order chi connectivity index (χ0) is 13.8. The maximum absolute atomic E-state index is 5.62. The average molecular weight is 270 g/mol. The fourth-order valence-electron chi connectivity index (χ4n) is 3.17. The summed E-state index contributed by atoms with van der Waals surface area (Å²) >= 11 is 0. The lowest BCUT2D eigenvalue weighted by molar-refractivity contribution is 0.431. The summed E-state index contributed by atoms with van der Waals surface area (Å²) < 4.78 is 5.38. The second-order valence-electron chi connectivity index (χ2n) is 5.68. The lowest BCUT2D eigenvalue weighted by Crippen LogP contribution is -2.04. The van der Waals surface area contributed by atoms with Gasteiger partial charge in [-0.3, -0.25) is 0 Å². The molecule has 0 atom stereocenters. The predicted octanol–water partition coefficient (Wildman–Crippen LogP) is 3.89. The monoisotopic (exact) mass is 270 g/mol. The molecule has 2 N–H and O–H groups in total. The van der Waals surface area contributed by atoms with Crippen molar-refractivity contribution in [2.24, 2.45) is 5.73 Å². The number of nitrogens with two attached hydrogens (primary N) is 1. The SMILES string of the molecule is NCCc1cnoc1-c1ccc(C2CCCCC2)cc1. The van der Waals surface area contributed by atoms with Crippen LogP contribution in [0.3, 0.4) is 0 Å². The molecule has 0 saturated heterocycles. The molecule has 1 aliphatic carbocycles. The van der Waals surface area contributed by atoms with Gasteiger partial charge in [0.2, 0.25) is 0 Å². The van der Waals surface area contributed by atoms with Crippen molar-refractivity contribution >= 4 is 0 Å². The summed E-state index contributed by atoms with van der Waals surface area (Å²) in [6, 6.07) is 8.81. The van der Waals surface area contributed by atoms with Crippen LogP contribution < -0.4 is 5.73 Å². The zero-order valence-electron chi connectivity index (χ0n) is 11.8. The summed E-state index contributed by atoms with van der Waals surface area (Å²) in [4.78, 5) is 0. The molecular formula is C17H22N2O. The van der Waals surface area contributed by atoms with Gasteiger partial charge in [0.15, 0.2) is 5.76 Å². The van der Waals surface area contributed by atoms with Gasteiger partial charge in [0.05, 0.1) is 6.20 Å². The van der Waals surface area contributed by atoms with Crippen molar-refractivity contribution in [2.45, 2.75) is 44.4 Å². The van der Waals surface area contributed by atoms with Crippen molar-refractivity contribution in [1.82, 2.24) is 5.16 Å². The summed E-state index contributed by atoms with van der Waals surface area (Å²) in [6.07, 6.45) is 9.39. The largest absolute Gasteiger partial charge is 0.356 e. The van der Waals surface area contributed by atoms with Crippen LogP contribution in [-0.4, -0.2) is 11.7 Å². The van der Waals surface area contributed by atoms with Gasteiger partial charge >= 0.3 is 0 Å². The Bertz CT molecular complexity index is 538. The van der Waals surface area contributed by atoms with E-state index in [4.69, 9.17) is 10.3 Å². The van der Waals surface area contributed by atoms with E-state index < -0.39 is 0 Å². The summed E-state index contributed by atoms with van der Waals surface area (Å²) in [5, 5.41) is 3.90. The number of rotatable bonds is 4. The van der Waals surface area contributed by atoms with Crippen LogP contribution in [0.25, 0.3) is 11.3 Å². The Labute approximate surface area is 120 Å². The van der Waals surface area contributed by atoms with Crippen molar-refractivity contribution < 1.29 is 4.52 Å². The molecule has 1 aromatic heterocycles. The van der Waals surface area contributed by atoms with Gasteiger partial charge < -0.3 is 10.3 Å². The highest BCUT2D eigenvalue weighted by molar-refractivity contribution is 5.61. The maximum Gasteiger partial charge on any atom is 0.170 e. The van der Waals surface area contributed by atoms with Gasteiger partial charge in [0.1, 0.15) is 0 Å². The first-order chi connectivity index (χ1) is 9.88. The Balaban J connectivity index is 1.79. The third kappa shape index (κ3) is 2.78. The number of hydrogen-bond donors (Lipinski definition) is 1. The van der Waals surface area contributed by atoms with E-state index in [-0.39, 0.29) is 0 Å². The average Bonchev–Trinajstić information content (AvgIpc) is 2.97. The van der Waals surface area contributed by atoms with Crippen LogP contribution in [0.1, 0.15) is 49.1 Å². The van der Waals surface area contributed by atoms with Crippen LogP contribution in [0.4, 0.5) is 0 Å². The molecule has 1 heterocycles. The van der Waals surface area contributed by atoms with Crippen LogP contribution >= 0.6 is 0 Å². The second-order valence-corrected chi connectivity index (χ2v) is 5.68. The maximum atomic E-state index is 5.62. The molecule has 0 aliphatic heterocycles. The molecule has 1 aromatic carbocycles. The Hall–Kier alpha value is -1.61. The molecule has 3 rings (SSSR count). The second kappa shape index (κ2) is 6.23. The molecule has 0 unspecified atom stereocenters. The lowest BCUT2D eigenvalue weighted by atomic mass is 9.84. The molecule has 1 aliphatic rings. The van der Waals surface area contributed by atoms with Crippen molar-refractivity contribution in [3.8, 4) is 11.3 Å². The Kier molecular flexibility index (Phi) is 4.16. The predicted molar refractivity (Wildman–Crippen MR) is 80.5 cm³/mol. The smallest absolute Gasteiger partial charge is 0.170 e. The van der Waals surface area contributed by atoms with Gasteiger partial charge in [-0.2, -0.15) is 0 Å². The van der Waals surface area contributed by atoms with Crippen LogP contribution in [0.15, 0.2) is 35.0 Å². The molecule has 0 radical (unpaired) electrons. The molecular weight excluding hydrogens is 248 g/mol. The van der Waals surface area contributed by atoms with Crippen molar-refractivity contribution in [1.29, 1.82) is 0 Å². The molecule has 0 spiro atoms. The quantitative estimate of drug-likeness (QED) is 0.917. The third-order valence-corrected chi connectivity index (χ3v) is 4.31. The van der Waals surface area contributed by atoms with Crippen molar-refractivity contribution in [3.63, 3.8) is 0 Å². The van der Waals surface area contributed by atoms with E-state index in [1.165, 1.54) is 37.7 Å². The minimum absolute atomic E-state index is 0.619. The van der Waals surface area contributed by atoms with Gasteiger partial charge in [-0.25, -0.2) is 0 Å². The summed E-state index contributed by atoms with van der Waals surface area (Å²) in [5.74, 6) is 1.61. The Morgan fingerprint density at radius 1 is 1.10 bits per heavy atom. The zero-order valence-corrected chi connectivity index (χ0v) is 11.8. The third-order valence-electron chi connectivity index (χ3n) is 4.31. The van der Waals surface area contributed by atoms with Gasteiger partial charge in [0, 0.05) is 11.1 Å². The molecule has 3 heteroatoms. The summed E-state index contributed by atoms with van der Waals surface area (Å²) in [5.41, 5.74) is 9.28. The summed E-state index contributed by atoms with van der Waals surface area (Å²) in [7, 11) is 0. The van der Waals surface area contributed by atoms with Gasteiger partial charge in [-0.15, -0.1) is 0 Å². The van der Waals surface area contributed by atoms with Crippen LogP contribution in [-0.2, 0) is 6.42 Å². The van der Waals surface area contributed by atoms with E-state index in [2.05, 4.69) is 29.4 Å². The number of benzene rings is 1. The minimum atomic E-state index is 0.619. The fourth-order valence-corrected chi connectivity index (χ4v) is 3.17. The number of aromatic nitrogens is 1. The number of hydrogen-bond acceptors (Lipinski definition) is 3. The van der Waals surface area contributed by atoms with Crippen molar-refractivity contribution in [2.75, 3.05) is 6.54 Å². The van der Waals surface area contributed by atoms with Gasteiger partial charge in [-0.05, 0) is 37.3 Å². The molecule has 0 bridgehead atoms. The molecule has 20 heavy (non-hydrogen) atoms. The topological polar surface area (TPSA) is 52.0 Å². The van der Waals surface area contributed by atoms with Crippen LogP contribution in [0.5, 0.6) is 0 Å². The highest BCUT2D eigenvalue weighted by atomic mass is 16.5. The normalized spacial score (nSPS) is 16.4. The molecule has 3 nitrogen and oxygen atoms in total. The summed E-state index contributed by atoms with van der Waals surface area (Å²) in [6.45, 7) is 0.619. The molecule has 2 aromatic rings. The fraction of sp³-hybridized carbons (Fsp3) is 0.471. The van der Waals surface area contributed by atoms with E-state index >= 15 is 0 Å². The lowest BCUT2D eigenvalue weighted by Gasteiger charge is -2.22. The Morgan fingerprint density at radius 3 is 2.55 bits per heavy atom. The molecule has 0 amide bonds. The van der Waals surface area contributed by atoms with Gasteiger partial charge in [-0.1, -0.05) is 48.7 Å². The van der Waals surface area contributed by atoms with Gasteiger partial charge in [0.25, 0.3) is 0 Å². The highest BCUT2D eigenvalue weighted by Gasteiger charge is 2.16. The van der Waals surface area contributed by atoms with Crippen molar-refractivity contribution in [3.05, 3.63) is 41.6 Å². The van der Waals surface area contributed by atoms with E-state index in [9.17, 15) is 0 Å². The van der Waals surface area contributed by atoms with E-state index in [1.54, 1.807) is 6.20 Å². The Morgan fingerprint density at radius 2 is 1.85 bits per heavy atom. The highest BCUT2D eigenvalue weighted by Crippen LogP contribution is 2.34.